The van der Waals surface area contributed by atoms with Crippen LogP contribution in [0.3, 0.4) is 0 Å². The van der Waals surface area contributed by atoms with E-state index in [1.807, 2.05) is 54.6 Å². The lowest BCUT2D eigenvalue weighted by atomic mass is 10.2. The number of nitrogens with one attached hydrogen (secondary N) is 1. The number of nitrogens with zero attached hydrogens (tertiary/aromatic N) is 5. The number of ether oxygens (including phenoxy) is 1. The number of rotatable bonds is 5. The number of hydrogen-bond acceptors (Lipinski definition) is 6. The van der Waals surface area contributed by atoms with Gasteiger partial charge in [0.15, 0.2) is 10.8 Å². The van der Waals surface area contributed by atoms with Crippen molar-refractivity contribution in [3.63, 3.8) is 0 Å². The molecule has 5 aromatic rings. The average Bonchev–Trinajstić information content (AvgIpc) is 3.39. The third-order valence-electron chi connectivity index (χ3n) is 4.88. The second-order valence-corrected chi connectivity index (χ2v) is 7.69. The smallest absolute Gasteiger partial charge is 0.272 e. The van der Waals surface area contributed by atoms with Gasteiger partial charge in [-0.05, 0) is 36.4 Å². The normalized spacial score (nSPS) is 11.1. The molecule has 0 unspecified atom stereocenters. The highest BCUT2D eigenvalue weighted by atomic mass is 32.2. The van der Waals surface area contributed by atoms with Crippen LogP contribution < -0.4 is 10.3 Å². The number of hydrogen-bond donors (Lipinski definition) is 1. The molecule has 2 aromatic carbocycles. The monoisotopic (exact) mass is 428 g/mol. The van der Waals surface area contributed by atoms with E-state index in [0.29, 0.717) is 22.7 Å². The van der Waals surface area contributed by atoms with Gasteiger partial charge in [0.25, 0.3) is 5.56 Å². The molecule has 0 bridgehead atoms. The quantitative estimate of drug-likeness (QED) is 0.430. The molecule has 3 aromatic heterocycles. The first-order valence-electron chi connectivity index (χ1n) is 9.43. The summed E-state index contributed by atoms with van der Waals surface area (Å²) in [5.41, 5.74) is 3.80. The molecule has 8 nitrogen and oxygen atoms in total. The van der Waals surface area contributed by atoms with Gasteiger partial charge in [0.05, 0.1) is 23.8 Å². The Morgan fingerprint density at radius 2 is 1.97 bits per heavy atom. The van der Waals surface area contributed by atoms with Crippen LogP contribution in [0.15, 0.2) is 70.7 Å². The molecule has 3 heterocycles. The first-order chi connectivity index (χ1) is 15.2. The molecule has 31 heavy (non-hydrogen) atoms. The number of imidazole rings is 1. The van der Waals surface area contributed by atoms with Crippen LogP contribution in [0.25, 0.3) is 22.4 Å². The Kier molecular flexibility index (Phi) is 4.69. The van der Waals surface area contributed by atoms with Crippen LogP contribution in [0, 0.1) is 11.3 Å². The highest BCUT2D eigenvalue weighted by Crippen LogP contribution is 2.30. The van der Waals surface area contributed by atoms with E-state index in [1.165, 1.54) is 28.5 Å². The molecule has 0 aliphatic heterocycles. The van der Waals surface area contributed by atoms with Crippen molar-refractivity contribution in [2.45, 2.75) is 10.9 Å². The maximum atomic E-state index is 12.4. The Labute approximate surface area is 180 Å². The summed E-state index contributed by atoms with van der Waals surface area (Å²) in [5, 5.41) is 12.8. The minimum Gasteiger partial charge on any atom is -0.497 e. The number of nitriles is 1. The lowest BCUT2D eigenvalue weighted by molar-refractivity contribution is 0.414. The molecule has 0 aliphatic rings. The largest absolute Gasteiger partial charge is 0.497 e. The van der Waals surface area contributed by atoms with E-state index in [2.05, 4.69) is 14.6 Å². The van der Waals surface area contributed by atoms with Crippen LogP contribution >= 0.6 is 11.8 Å². The third kappa shape index (κ3) is 3.33. The zero-order chi connectivity index (χ0) is 21.4. The van der Waals surface area contributed by atoms with E-state index in [1.54, 1.807) is 7.11 Å². The van der Waals surface area contributed by atoms with Crippen molar-refractivity contribution in [3.05, 3.63) is 82.4 Å². The van der Waals surface area contributed by atoms with Gasteiger partial charge in [0, 0.05) is 23.7 Å². The van der Waals surface area contributed by atoms with E-state index in [4.69, 9.17) is 9.72 Å². The number of para-hydroxylation sites is 2. The highest BCUT2D eigenvalue weighted by molar-refractivity contribution is 7.98. The first-order valence-corrected chi connectivity index (χ1v) is 10.4. The number of benzene rings is 2. The summed E-state index contributed by atoms with van der Waals surface area (Å²) in [7, 11) is 1.64. The topological polar surface area (TPSA) is 101 Å². The van der Waals surface area contributed by atoms with Crippen molar-refractivity contribution in [3.8, 4) is 17.5 Å². The molecule has 5 rings (SSSR count). The zero-order valence-corrected chi connectivity index (χ0v) is 17.3. The van der Waals surface area contributed by atoms with E-state index in [0.717, 1.165) is 27.6 Å². The molecular formula is C22H16N6O2S. The summed E-state index contributed by atoms with van der Waals surface area (Å²) < 4.78 is 8.61. The molecular weight excluding hydrogens is 412 g/mol. The van der Waals surface area contributed by atoms with Crippen molar-refractivity contribution in [1.29, 1.82) is 5.26 Å². The summed E-state index contributed by atoms with van der Waals surface area (Å²) in [4.78, 5) is 21.6. The second kappa shape index (κ2) is 7.66. The van der Waals surface area contributed by atoms with Gasteiger partial charge in [-0.3, -0.25) is 14.5 Å². The van der Waals surface area contributed by atoms with Gasteiger partial charge in [0.1, 0.15) is 17.4 Å². The van der Waals surface area contributed by atoms with Crippen LogP contribution in [0.5, 0.6) is 5.75 Å². The van der Waals surface area contributed by atoms with Crippen molar-refractivity contribution in [2.24, 2.45) is 0 Å². The van der Waals surface area contributed by atoms with Crippen molar-refractivity contribution in [2.75, 3.05) is 7.11 Å². The molecule has 1 N–H and O–H groups in total. The average molecular weight is 428 g/mol. The van der Waals surface area contributed by atoms with Gasteiger partial charge in [-0.1, -0.05) is 23.9 Å². The Morgan fingerprint density at radius 1 is 1.16 bits per heavy atom. The molecule has 0 amide bonds. The fourth-order valence-corrected chi connectivity index (χ4v) is 4.33. The van der Waals surface area contributed by atoms with Gasteiger partial charge in [-0.2, -0.15) is 5.26 Å². The molecule has 152 valence electrons. The predicted molar refractivity (Wildman–Crippen MR) is 118 cm³/mol. The van der Waals surface area contributed by atoms with Crippen molar-refractivity contribution >= 4 is 28.4 Å². The molecule has 0 atom stereocenters. The number of aromatic nitrogens is 5. The van der Waals surface area contributed by atoms with Crippen LogP contribution in [0.1, 0.15) is 11.3 Å². The molecule has 0 radical (unpaired) electrons. The van der Waals surface area contributed by atoms with Gasteiger partial charge in [-0.25, -0.2) is 14.5 Å². The number of thioether (sulfide) groups is 1. The lowest BCUT2D eigenvalue weighted by Crippen LogP contribution is -2.15. The minimum absolute atomic E-state index is 0.259. The first kappa shape index (κ1) is 19.0. The predicted octanol–water partition coefficient (Wildman–Crippen LogP) is 3.53. The Bertz CT molecular complexity index is 1510. The van der Waals surface area contributed by atoms with Gasteiger partial charge in [0.2, 0.25) is 0 Å². The Morgan fingerprint density at radius 3 is 2.74 bits per heavy atom. The summed E-state index contributed by atoms with van der Waals surface area (Å²) in [6.07, 6.45) is 1.48. The fraction of sp³-hybridized carbons (Fsp3) is 0.0909. The number of aromatic amines is 1. The molecule has 0 saturated heterocycles. The van der Waals surface area contributed by atoms with E-state index in [-0.39, 0.29) is 5.56 Å². The zero-order valence-electron chi connectivity index (χ0n) is 16.4. The fourth-order valence-electron chi connectivity index (χ4n) is 3.41. The van der Waals surface area contributed by atoms with Crippen LogP contribution in [-0.4, -0.2) is 31.3 Å². The molecule has 0 fully saturated rings. The molecule has 9 heteroatoms. The molecule has 0 spiro atoms. The SMILES string of the molecule is COc1ccc(-n2c(SCc3cc(=O)n4[nH]cc(C#N)c4n3)nc3ccccc32)cc1. The summed E-state index contributed by atoms with van der Waals surface area (Å²) in [6.45, 7) is 0. The maximum Gasteiger partial charge on any atom is 0.272 e. The van der Waals surface area contributed by atoms with Gasteiger partial charge < -0.3 is 4.74 Å². The van der Waals surface area contributed by atoms with Gasteiger partial charge in [-0.15, -0.1) is 0 Å². The second-order valence-electron chi connectivity index (χ2n) is 6.75. The highest BCUT2D eigenvalue weighted by Gasteiger charge is 2.15. The molecule has 0 saturated carbocycles. The van der Waals surface area contributed by atoms with Crippen molar-refractivity contribution in [1.82, 2.24) is 24.1 Å². The molecule has 0 aliphatic carbocycles. The van der Waals surface area contributed by atoms with E-state index < -0.39 is 0 Å². The maximum absolute atomic E-state index is 12.4. The minimum atomic E-state index is -0.259. The number of methoxy groups -OCH3 is 1. The van der Waals surface area contributed by atoms with Crippen LogP contribution in [0.4, 0.5) is 0 Å². The Hall–Kier alpha value is -4.03. The lowest BCUT2D eigenvalue weighted by Gasteiger charge is -2.10. The summed E-state index contributed by atoms with van der Waals surface area (Å²) in [5.74, 6) is 1.21. The van der Waals surface area contributed by atoms with Crippen LogP contribution in [-0.2, 0) is 5.75 Å². The standard InChI is InChI=1S/C22H16N6O2S/c1-30-17-8-6-16(7-9-17)27-19-5-3-2-4-18(19)26-22(27)31-13-15-10-20(29)28-21(25-15)14(11-23)12-24-28/h2-10,12,24H,13H2,1H3. The third-order valence-corrected chi connectivity index (χ3v) is 5.85. The summed E-state index contributed by atoms with van der Waals surface area (Å²) >= 11 is 1.48. The Balaban J connectivity index is 1.54. The number of H-pyrrole nitrogens is 1. The van der Waals surface area contributed by atoms with E-state index >= 15 is 0 Å². The van der Waals surface area contributed by atoms with E-state index in [9.17, 15) is 10.1 Å². The summed E-state index contributed by atoms with van der Waals surface area (Å²) in [6, 6.07) is 19.2. The van der Waals surface area contributed by atoms with Crippen LogP contribution in [0.2, 0.25) is 0 Å². The number of fused-ring (bicyclic) bond motifs is 2. The van der Waals surface area contributed by atoms with Crippen molar-refractivity contribution < 1.29 is 4.74 Å². The van der Waals surface area contributed by atoms with Gasteiger partial charge >= 0.3 is 0 Å².